The van der Waals surface area contributed by atoms with Gasteiger partial charge in [-0.1, -0.05) is 0 Å². The Hall–Kier alpha value is -2.44. The van der Waals surface area contributed by atoms with E-state index in [2.05, 4.69) is 20.2 Å². The number of H-pyrrole nitrogens is 1. The minimum atomic E-state index is -0.460. The molecule has 7 heteroatoms. The minimum Gasteiger partial charge on any atom is -0.444 e. The second-order valence-electron chi connectivity index (χ2n) is 7.52. The minimum absolute atomic E-state index is 0.224. The molecule has 3 rings (SSSR count). The number of nitrogens with zero attached hydrogens (tertiary/aromatic N) is 4. The number of carbonyl (C=O) groups excluding carboxylic acids is 1. The molecule has 134 valence electrons. The number of ether oxygens (including phenoxy) is 1. The highest BCUT2D eigenvalue weighted by Crippen LogP contribution is 2.22. The van der Waals surface area contributed by atoms with Crippen molar-refractivity contribution in [3.05, 3.63) is 30.5 Å². The summed E-state index contributed by atoms with van der Waals surface area (Å²) in [6, 6.07) is 0. The van der Waals surface area contributed by atoms with E-state index in [1.54, 1.807) is 18.6 Å². The number of nitrogens with one attached hydrogen (secondary N) is 1. The van der Waals surface area contributed by atoms with Gasteiger partial charge in [0.25, 0.3) is 0 Å². The number of aromatic nitrogens is 4. The lowest BCUT2D eigenvalue weighted by Crippen LogP contribution is -2.43. The highest BCUT2D eigenvalue weighted by molar-refractivity contribution is 5.68. The Morgan fingerprint density at radius 3 is 2.80 bits per heavy atom. The lowest BCUT2D eigenvalue weighted by Gasteiger charge is -2.34. The van der Waals surface area contributed by atoms with Gasteiger partial charge in [0.05, 0.1) is 23.8 Å². The number of carbonyl (C=O) groups is 1. The van der Waals surface area contributed by atoms with Crippen molar-refractivity contribution in [1.29, 1.82) is 0 Å². The Labute approximate surface area is 147 Å². The maximum atomic E-state index is 12.3. The van der Waals surface area contributed by atoms with Crippen LogP contribution in [0.25, 0.3) is 11.3 Å². The predicted molar refractivity (Wildman–Crippen MR) is 93.8 cm³/mol. The first-order valence-corrected chi connectivity index (χ1v) is 8.69. The van der Waals surface area contributed by atoms with Crippen molar-refractivity contribution in [2.45, 2.75) is 45.6 Å². The highest BCUT2D eigenvalue weighted by atomic mass is 16.6. The predicted octanol–water partition coefficient (Wildman–Crippen LogP) is 3.06. The Morgan fingerprint density at radius 1 is 1.32 bits per heavy atom. The second kappa shape index (κ2) is 7.21. The molecule has 1 N–H and O–H groups in total. The maximum Gasteiger partial charge on any atom is 0.410 e. The van der Waals surface area contributed by atoms with Crippen LogP contribution in [0.1, 0.15) is 39.3 Å². The second-order valence-corrected chi connectivity index (χ2v) is 7.52. The third-order valence-electron chi connectivity index (χ3n) is 4.17. The molecule has 0 aliphatic carbocycles. The van der Waals surface area contributed by atoms with Crippen molar-refractivity contribution in [2.75, 3.05) is 13.1 Å². The first-order valence-electron chi connectivity index (χ1n) is 8.69. The number of piperidine rings is 1. The number of rotatable bonds is 3. The molecule has 3 heterocycles. The third-order valence-corrected chi connectivity index (χ3v) is 4.17. The van der Waals surface area contributed by atoms with Gasteiger partial charge in [-0.05, 0) is 46.0 Å². The molecule has 1 saturated heterocycles. The van der Waals surface area contributed by atoms with E-state index >= 15 is 0 Å². The van der Waals surface area contributed by atoms with Crippen molar-refractivity contribution >= 4 is 6.09 Å². The maximum absolute atomic E-state index is 12.3. The van der Waals surface area contributed by atoms with Gasteiger partial charge in [-0.25, -0.2) is 4.79 Å². The summed E-state index contributed by atoms with van der Waals surface area (Å²) in [6.45, 7) is 7.15. The van der Waals surface area contributed by atoms with E-state index < -0.39 is 5.60 Å². The average Bonchev–Trinajstić information content (AvgIpc) is 3.09. The standard InChI is InChI=1S/C18H25N5O2/c1-18(2,3)25-17(24)23-6-4-5-13(12-23)7-15-10-20-16(11-19-15)14-8-21-22-9-14/h8-11,13H,4-7,12H2,1-3H3,(H,21,22)/t13-/m0/s1. The molecule has 1 aliphatic heterocycles. The van der Waals surface area contributed by atoms with Crippen LogP contribution in [0.3, 0.4) is 0 Å². The van der Waals surface area contributed by atoms with Gasteiger partial charge in [0.2, 0.25) is 0 Å². The van der Waals surface area contributed by atoms with Crippen molar-refractivity contribution in [3.8, 4) is 11.3 Å². The van der Waals surface area contributed by atoms with E-state index in [0.29, 0.717) is 12.5 Å². The Balaban J connectivity index is 1.58. The molecule has 1 fully saturated rings. The van der Waals surface area contributed by atoms with Crippen LogP contribution in [0, 0.1) is 5.92 Å². The van der Waals surface area contributed by atoms with Gasteiger partial charge in [-0.2, -0.15) is 5.10 Å². The van der Waals surface area contributed by atoms with Crippen LogP contribution in [0.5, 0.6) is 0 Å². The van der Waals surface area contributed by atoms with E-state index in [-0.39, 0.29) is 6.09 Å². The SMILES string of the molecule is CC(C)(C)OC(=O)N1CCC[C@@H](Cc2cnc(-c3cn[nH]c3)cn2)C1. The summed E-state index contributed by atoms with van der Waals surface area (Å²) in [7, 11) is 0. The number of aromatic amines is 1. The summed E-state index contributed by atoms with van der Waals surface area (Å²) in [6.07, 6.45) is 9.78. The van der Waals surface area contributed by atoms with Gasteiger partial charge in [0.15, 0.2) is 0 Å². The van der Waals surface area contributed by atoms with Crippen molar-refractivity contribution in [1.82, 2.24) is 25.1 Å². The molecule has 2 aromatic rings. The summed E-state index contributed by atoms with van der Waals surface area (Å²) >= 11 is 0. The first-order chi connectivity index (χ1) is 11.9. The van der Waals surface area contributed by atoms with Gasteiger partial charge < -0.3 is 9.64 Å². The summed E-state index contributed by atoms with van der Waals surface area (Å²) in [5.41, 5.74) is 2.21. The van der Waals surface area contributed by atoms with Crippen LogP contribution in [-0.2, 0) is 11.2 Å². The number of amides is 1. The van der Waals surface area contributed by atoms with Crippen molar-refractivity contribution in [2.24, 2.45) is 5.92 Å². The van der Waals surface area contributed by atoms with Crippen LogP contribution in [-0.4, -0.2) is 49.8 Å². The monoisotopic (exact) mass is 343 g/mol. The van der Waals surface area contributed by atoms with Crippen LogP contribution in [0.15, 0.2) is 24.8 Å². The third kappa shape index (κ3) is 4.78. The zero-order chi connectivity index (χ0) is 17.9. The molecule has 0 saturated carbocycles. The molecule has 0 unspecified atom stereocenters. The topological polar surface area (TPSA) is 84.0 Å². The Kier molecular flexibility index (Phi) is 5.01. The van der Waals surface area contributed by atoms with E-state index in [9.17, 15) is 4.79 Å². The Bertz CT molecular complexity index is 691. The molecule has 1 amide bonds. The van der Waals surface area contributed by atoms with E-state index in [1.807, 2.05) is 31.9 Å². The van der Waals surface area contributed by atoms with Gasteiger partial charge in [0, 0.05) is 31.0 Å². The summed E-state index contributed by atoms with van der Waals surface area (Å²) < 4.78 is 5.48. The van der Waals surface area contributed by atoms with Crippen LogP contribution >= 0.6 is 0 Å². The quantitative estimate of drug-likeness (QED) is 0.926. The fraction of sp³-hybridized carbons (Fsp3) is 0.556. The van der Waals surface area contributed by atoms with E-state index in [4.69, 9.17) is 4.74 Å². The molecular formula is C18H25N5O2. The lowest BCUT2D eigenvalue weighted by molar-refractivity contribution is 0.0165. The normalized spacial score (nSPS) is 18.2. The molecular weight excluding hydrogens is 318 g/mol. The first kappa shape index (κ1) is 17.4. The summed E-state index contributed by atoms with van der Waals surface area (Å²) in [4.78, 5) is 23.0. The van der Waals surface area contributed by atoms with Gasteiger partial charge >= 0.3 is 6.09 Å². The largest absolute Gasteiger partial charge is 0.444 e. The van der Waals surface area contributed by atoms with E-state index in [0.717, 1.165) is 42.8 Å². The van der Waals surface area contributed by atoms with Crippen molar-refractivity contribution in [3.63, 3.8) is 0 Å². The van der Waals surface area contributed by atoms with E-state index in [1.165, 1.54) is 0 Å². The average molecular weight is 343 g/mol. The number of likely N-dealkylation sites (tertiary alicyclic amines) is 1. The van der Waals surface area contributed by atoms with Crippen LogP contribution < -0.4 is 0 Å². The molecule has 2 aromatic heterocycles. The fourth-order valence-corrected chi connectivity index (χ4v) is 3.02. The highest BCUT2D eigenvalue weighted by Gasteiger charge is 2.27. The molecule has 0 bridgehead atoms. The molecule has 0 radical (unpaired) electrons. The molecule has 25 heavy (non-hydrogen) atoms. The summed E-state index contributed by atoms with van der Waals surface area (Å²) in [5.74, 6) is 0.385. The molecule has 7 nitrogen and oxygen atoms in total. The zero-order valence-electron chi connectivity index (χ0n) is 15.0. The van der Waals surface area contributed by atoms with Crippen LogP contribution in [0.2, 0.25) is 0 Å². The van der Waals surface area contributed by atoms with Crippen molar-refractivity contribution < 1.29 is 9.53 Å². The van der Waals surface area contributed by atoms with Gasteiger partial charge in [-0.15, -0.1) is 0 Å². The number of hydrogen-bond acceptors (Lipinski definition) is 5. The molecule has 1 aliphatic rings. The summed E-state index contributed by atoms with van der Waals surface area (Å²) in [5, 5.41) is 6.70. The van der Waals surface area contributed by atoms with Crippen LogP contribution in [0.4, 0.5) is 4.79 Å². The number of hydrogen-bond donors (Lipinski definition) is 1. The fourth-order valence-electron chi connectivity index (χ4n) is 3.02. The van der Waals surface area contributed by atoms with Gasteiger partial charge in [0.1, 0.15) is 5.60 Å². The van der Waals surface area contributed by atoms with Gasteiger partial charge in [-0.3, -0.25) is 15.1 Å². The smallest absolute Gasteiger partial charge is 0.410 e. The zero-order valence-corrected chi connectivity index (χ0v) is 15.0. The molecule has 0 spiro atoms. The lowest BCUT2D eigenvalue weighted by atomic mass is 9.94. The molecule has 0 aromatic carbocycles. The Morgan fingerprint density at radius 2 is 2.16 bits per heavy atom. The molecule has 1 atom stereocenters.